The van der Waals surface area contributed by atoms with Crippen molar-refractivity contribution in [1.82, 2.24) is 5.32 Å². The number of hydrogen-bond acceptors (Lipinski definition) is 4. The van der Waals surface area contributed by atoms with Crippen LogP contribution in [0, 0.1) is 5.41 Å². The normalized spacial score (nSPS) is 18.8. The van der Waals surface area contributed by atoms with E-state index in [0.29, 0.717) is 11.5 Å². The molecule has 0 atom stereocenters. The smallest absolute Gasteiger partial charge is 0.180 e. The molecule has 4 nitrogen and oxygen atoms in total. The van der Waals surface area contributed by atoms with Gasteiger partial charge in [0.25, 0.3) is 0 Å². The summed E-state index contributed by atoms with van der Waals surface area (Å²) in [7, 11) is -3.34. The quantitative estimate of drug-likeness (QED) is 0.839. The van der Waals surface area contributed by atoms with Gasteiger partial charge in [-0.05, 0) is 36.0 Å². The van der Waals surface area contributed by atoms with E-state index in [0.717, 1.165) is 12.1 Å². The van der Waals surface area contributed by atoms with E-state index >= 15 is 0 Å². The number of aliphatic hydroxyl groups is 1. The first-order chi connectivity index (χ1) is 9.32. The molecule has 0 saturated heterocycles. The maximum absolute atomic E-state index is 11.8. The minimum atomic E-state index is -3.34. The summed E-state index contributed by atoms with van der Waals surface area (Å²) in [5.41, 5.74) is 1.54. The fourth-order valence-corrected chi connectivity index (χ4v) is 3.76. The third-order valence-corrected chi connectivity index (χ3v) is 5.55. The van der Waals surface area contributed by atoms with Crippen molar-refractivity contribution in [3.63, 3.8) is 0 Å². The van der Waals surface area contributed by atoms with Gasteiger partial charge in [0.2, 0.25) is 0 Å². The van der Waals surface area contributed by atoms with Crippen molar-refractivity contribution >= 4 is 9.84 Å². The maximum atomic E-state index is 11.8. The van der Waals surface area contributed by atoms with Gasteiger partial charge in [-0.3, -0.25) is 0 Å². The first kappa shape index (κ1) is 15.5. The molecule has 1 fully saturated rings. The lowest BCUT2D eigenvalue weighted by Gasteiger charge is -2.43. The van der Waals surface area contributed by atoms with Gasteiger partial charge in [-0.1, -0.05) is 26.0 Å². The first-order valence-electron chi connectivity index (χ1n) is 6.98. The first-order valence-corrected chi connectivity index (χ1v) is 8.64. The van der Waals surface area contributed by atoms with Gasteiger partial charge in [-0.25, -0.2) is 8.42 Å². The lowest BCUT2D eigenvalue weighted by atomic mass is 9.68. The predicted octanol–water partition coefficient (Wildman–Crippen LogP) is 1.73. The zero-order valence-electron chi connectivity index (χ0n) is 12.1. The fraction of sp³-hybridized carbons (Fsp3) is 0.600. The van der Waals surface area contributed by atoms with E-state index in [1.165, 1.54) is 12.8 Å². The Balaban J connectivity index is 1.89. The molecule has 0 spiro atoms. The van der Waals surface area contributed by atoms with E-state index in [9.17, 15) is 8.42 Å². The molecule has 1 aromatic rings. The largest absolute Gasteiger partial charge is 0.395 e. The molecule has 1 aromatic carbocycles. The van der Waals surface area contributed by atoms with Crippen molar-refractivity contribution in [2.45, 2.75) is 44.2 Å². The zero-order valence-corrected chi connectivity index (χ0v) is 12.9. The summed E-state index contributed by atoms with van der Waals surface area (Å²) >= 11 is 0. The summed E-state index contributed by atoms with van der Waals surface area (Å²) in [6.07, 6.45) is 2.38. The van der Waals surface area contributed by atoms with Crippen LogP contribution in [0.3, 0.4) is 0 Å². The molecule has 1 aliphatic carbocycles. The predicted molar refractivity (Wildman–Crippen MR) is 79.2 cm³/mol. The van der Waals surface area contributed by atoms with Crippen LogP contribution in [0.15, 0.2) is 29.2 Å². The van der Waals surface area contributed by atoms with E-state index in [4.69, 9.17) is 5.11 Å². The van der Waals surface area contributed by atoms with Crippen LogP contribution >= 0.6 is 0 Å². The van der Waals surface area contributed by atoms with Crippen molar-refractivity contribution in [2.75, 3.05) is 12.4 Å². The highest BCUT2D eigenvalue weighted by Gasteiger charge is 2.35. The molecule has 112 valence electrons. The van der Waals surface area contributed by atoms with Gasteiger partial charge in [0.15, 0.2) is 9.84 Å². The van der Waals surface area contributed by atoms with Gasteiger partial charge >= 0.3 is 0 Å². The van der Waals surface area contributed by atoms with E-state index in [1.54, 1.807) is 12.1 Å². The number of aliphatic hydroxyl groups excluding tert-OH is 1. The van der Waals surface area contributed by atoms with Gasteiger partial charge in [-0.2, -0.15) is 0 Å². The molecular formula is C15H23NO3S. The van der Waals surface area contributed by atoms with Crippen LogP contribution in [0.1, 0.15) is 32.3 Å². The average molecular weight is 297 g/mol. The third-order valence-electron chi connectivity index (χ3n) is 3.84. The van der Waals surface area contributed by atoms with Crippen LogP contribution in [0.25, 0.3) is 0 Å². The Morgan fingerprint density at radius 1 is 1.25 bits per heavy atom. The van der Waals surface area contributed by atoms with E-state index in [1.807, 2.05) is 12.1 Å². The van der Waals surface area contributed by atoms with Crippen LogP contribution in [-0.2, 0) is 16.4 Å². The minimum absolute atomic E-state index is 0.220. The van der Waals surface area contributed by atoms with Crippen molar-refractivity contribution in [1.29, 1.82) is 0 Å². The molecule has 0 aliphatic heterocycles. The van der Waals surface area contributed by atoms with Crippen molar-refractivity contribution in [3.05, 3.63) is 29.8 Å². The molecule has 0 unspecified atom stereocenters. The fourth-order valence-electron chi connectivity index (χ4n) is 2.73. The standard InChI is InChI=1S/C15H23NO3S/c1-15(2)9-13(10-15)16-11-12-3-5-14(6-4-12)20(18,19)8-7-17/h3-6,13,16-17H,7-11H2,1-2H3. The van der Waals surface area contributed by atoms with Crippen LogP contribution in [0.4, 0.5) is 0 Å². The Hall–Kier alpha value is -0.910. The van der Waals surface area contributed by atoms with Crippen LogP contribution in [0.5, 0.6) is 0 Å². The molecule has 0 radical (unpaired) electrons. The summed E-state index contributed by atoms with van der Waals surface area (Å²) in [5, 5.41) is 12.2. The Morgan fingerprint density at radius 3 is 2.35 bits per heavy atom. The highest BCUT2D eigenvalue weighted by atomic mass is 32.2. The maximum Gasteiger partial charge on any atom is 0.180 e. The Bertz CT molecular complexity index is 541. The molecule has 5 heteroatoms. The van der Waals surface area contributed by atoms with Gasteiger partial charge in [0.1, 0.15) is 0 Å². The van der Waals surface area contributed by atoms with Crippen LogP contribution in [0.2, 0.25) is 0 Å². The number of hydrogen-bond donors (Lipinski definition) is 2. The number of benzene rings is 1. The highest BCUT2D eigenvalue weighted by Crippen LogP contribution is 2.39. The minimum Gasteiger partial charge on any atom is -0.395 e. The molecule has 0 bridgehead atoms. The average Bonchev–Trinajstić information content (AvgIpc) is 2.34. The summed E-state index contributed by atoms with van der Waals surface area (Å²) < 4.78 is 23.5. The Labute approximate surface area is 121 Å². The lowest BCUT2D eigenvalue weighted by Crippen LogP contribution is -2.45. The molecule has 1 saturated carbocycles. The second kappa shape index (κ2) is 5.84. The second-order valence-electron chi connectivity index (χ2n) is 6.34. The van der Waals surface area contributed by atoms with Gasteiger partial charge < -0.3 is 10.4 Å². The lowest BCUT2D eigenvalue weighted by molar-refractivity contribution is 0.125. The second-order valence-corrected chi connectivity index (χ2v) is 8.45. The van der Waals surface area contributed by atoms with Gasteiger partial charge in [0.05, 0.1) is 17.3 Å². The number of sulfone groups is 1. The molecule has 1 aliphatic rings. The van der Waals surface area contributed by atoms with E-state index in [2.05, 4.69) is 19.2 Å². The summed E-state index contributed by atoms with van der Waals surface area (Å²) in [4.78, 5) is 0.278. The highest BCUT2D eigenvalue weighted by molar-refractivity contribution is 7.91. The van der Waals surface area contributed by atoms with Crippen molar-refractivity contribution in [3.8, 4) is 0 Å². The van der Waals surface area contributed by atoms with Gasteiger partial charge in [0, 0.05) is 12.6 Å². The summed E-state index contributed by atoms with van der Waals surface area (Å²) in [6, 6.07) is 7.48. The van der Waals surface area contributed by atoms with E-state index in [-0.39, 0.29) is 17.3 Å². The summed E-state index contributed by atoms with van der Waals surface area (Å²) in [5.74, 6) is -0.220. The van der Waals surface area contributed by atoms with Gasteiger partial charge in [-0.15, -0.1) is 0 Å². The van der Waals surface area contributed by atoms with Crippen molar-refractivity contribution in [2.24, 2.45) is 5.41 Å². The number of nitrogens with one attached hydrogen (secondary N) is 1. The van der Waals surface area contributed by atoms with Crippen LogP contribution in [-0.4, -0.2) is 31.9 Å². The Morgan fingerprint density at radius 2 is 1.85 bits per heavy atom. The molecule has 2 N–H and O–H groups in total. The van der Waals surface area contributed by atoms with E-state index < -0.39 is 9.84 Å². The SMILES string of the molecule is CC1(C)CC(NCc2ccc(S(=O)(=O)CCO)cc2)C1. The number of rotatable bonds is 6. The molecule has 2 rings (SSSR count). The third kappa shape index (κ3) is 3.81. The molecule has 0 heterocycles. The molecule has 0 aromatic heterocycles. The van der Waals surface area contributed by atoms with Crippen LogP contribution < -0.4 is 5.32 Å². The van der Waals surface area contributed by atoms with Crippen molar-refractivity contribution < 1.29 is 13.5 Å². The monoisotopic (exact) mass is 297 g/mol. The molecule has 20 heavy (non-hydrogen) atoms. The Kier molecular flexibility index (Phi) is 4.52. The zero-order chi connectivity index (χ0) is 14.8. The molecule has 0 amide bonds. The molecular weight excluding hydrogens is 274 g/mol. The summed E-state index contributed by atoms with van der Waals surface area (Å²) in [6.45, 7) is 4.96. The topological polar surface area (TPSA) is 66.4 Å².